The quantitative estimate of drug-likeness (QED) is 0.0882. The third kappa shape index (κ3) is 7.46. The minimum atomic E-state index is -5.82. The lowest BCUT2D eigenvalue weighted by Gasteiger charge is -2.22. The number of halogens is 1. The van der Waals surface area contributed by atoms with Crippen LogP contribution in [0.4, 0.5) is 11.5 Å². The number of rotatable bonds is 10. The van der Waals surface area contributed by atoms with E-state index in [1.54, 1.807) is 0 Å². The number of esters is 1. The number of fused-ring (bicyclic) bond motifs is 1. The second-order valence-electron chi connectivity index (χ2n) is 8.13. The van der Waals surface area contributed by atoms with Crippen LogP contribution in [0.2, 0.25) is 5.02 Å². The fraction of sp³-hybridized carbons (Fsp3) is 0.294. The highest BCUT2D eigenvalue weighted by Crippen LogP contribution is 2.66. The largest absolute Gasteiger partial charge is 0.490 e. The van der Waals surface area contributed by atoms with E-state index in [0.29, 0.717) is 0 Å². The molecular formula is C17H20ClN6O14P3. The fourth-order valence-corrected chi connectivity index (χ4v) is 6.85. The highest BCUT2D eigenvalue weighted by molar-refractivity contribution is 7.66. The van der Waals surface area contributed by atoms with Crippen molar-refractivity contribution < 1.29 is 65.8 Å². The molecule has 0 aliphatic carbocycles. The number of carbonyl (C=O) groups is 1. The second-order valence-corrected chi connectivity index (χ2v) is 13.0. The first-order valence-corrected chi connectivity index (χ1v) is 15.7. The van der Waals surface area contributed by atoms with Crippen LogP contribution in [-0.4, -0.2) is 75.1 Å². The number of anilines is 2. The Morgan fingerprint density at radius 1 is 1.07 bits per heavy atom. The topological polar surface area (TPSA) is 311 Å². The van der Waals surface area contributed by atoms with Gasteiger partial charge in [0, 0.05) is 10.7 Å². The molecule has 24 heteroatoms. The summed E-state index contributed by atoms with van der Waals surface area (Å²) in [6.07, 6.45) is -4.16. The van der Waals surface area contributed by atoms with E-state index in [-0.39, 0.29) is 33.3 Å². The molecule has 6 atom stereocenters. The number of imidazole rings is 1. The number of aliphatic hydroxyl groups is 1. The molecule has 224 valence electrons. The number of carbonyl (C=O) groups excluding carboxylic acids is 1. The van der Waals surface area contributed by atoms with Gasteiger partial charge in [-0.25, -0.2) is 33.4 Å². The summed E-state index contributed by atoms with van der Waals surface area (Å²) in [5, 5.41) is 11.2. The summed E-state index contributed by atoms with van der Waals surface area (Å²) in [5.41, 5.74) is 11.6. The molecule has 1 fully saturated rings. The molecule has 0 radical (unpaired) electrons. The maximum absolute atomic E-state index is 12.9. The van der Waals surface area contributed by atoms with Gasteiger partial charge < -0.3 is 45.6 Å². The Hall–Kier alpha value is -2.54. The zero-order valence-electron chi connectivity index (χ0n) is 20.0. The third-order valence-electron chi connectivity index (χ3n) is 5.27. The SMILES string of the molecule is Nc1ccc(Cl)cc1C(=O)O[C@H]1[C@@H](O)[C@H](n2cnc3c(N)ncnc32)O[C@@H]1COP(=O)(O)OP(=O)(O)OP(=O)(O)O. The number of aromatic nitrogens is 4. The van der Waals surface area contributed by atoms with Crippen LogP contribution in [0.5, 0.6) is 0 Å². The monoisotopic (exact) mass is 660 g/mol. The van der Waals surface area contributed by atoms with E-state index < -0.39 is 60.6 Å². The van der Waals surface area contributed by atoms with Gasteiger partial charge in [-0.3, -0.25) is 9.09 Å². The normalized spacial score (nSPS) is 24.1. The van der Waals surface area contributed by atoms with Gasteiger partial charge in [0.2, 0.25) is 0 Å². The van der Waals surface area contributed by atoms with Gasteiger partial charge in [0.1, 0.15) is 24.1 Å². The first-order valence-electron chi connectivity index (χ1n) is 10.8. The molecule has 1 aromatic carbocycles. The molecule has 1 aliphatic rings. The standard InChI is InChI=1S/C17H20ClN6O14P3/c18-7-1-2-9(19)8(3-7)17(26)36-13-10(4-34-40(30,31)38-41(32,33)37-39(27,28)29)35-16(12(13)25)24-6-23-11-14(20)21-5-22-15(11)24/h1-3,5-6,10,12-13,16,25H,4,19H2,(H,30,31)(H,32,33)(H2,20,21,22)(H2,27,28,29)/t10-,12-,13-,16-/m1/s1. The van der Waals surface area contributed by atoms with Gasteiger partial charge in [-0.15, -0.1) is 0 Å². The number of hydrogen-bond acceptors (Lipinski definition) is 15. The third-order valence-corrected chi connectivity index (χ3v) is 9.30. The molecule has 2 aromatic heterocycles. The summed E-state index contributed by atoms with van der Waals surface area (Å²) in [6.45, 7) is -1.07. The average Bonchev–Trinajstić information content (AvgIpc) is 3.39. The van der Waals surface area contributed by atoms with Crippen molar-refractivity contribution in [3.05, 3.63) is 41.4 Å². The number of nitrogens with two attached hydrogens (primary N) is 2. The van der Waals surface area contributed by atoms with E-state index in [2.05, 4.69) is 28.1 Å². The van der Waals surface area contributed by atoms with Crippen LogP contribution in [0.25, 0.3) is 11.2 Å². The predicted molar refractivity (Wildman–Crippen MR) is 135 cm³/mol. The van der Waals surface area contributed by atoms with E-state index in [1.807, 2.05) is 0 Å². The first kappa shape index (κ1) is 31.4. The van der Waals surface area contributed by atoms with E-state index in [1.165, 1.54) is 29.1 Å². The summed E-state index contributed by atoms with van der Waals surface area (Å²) in [7, 11) is -17.1. The summed E-state index contributed by atoms with van der Waals surface area (Å²) >= 11 is 5.92. The molecule has 9 N–H and O–H groups in total. The molecule has 4 rings (SSSR count). The Labute approximate surface area is 233 Å². The second kappa shape index (κ2) is 11.6. The number of ether oxygens (including phenoxy) is 2. The minimum Gasteiger partial charge on any atom is -0.453 e. The molecule has 1 aliphatic heterocycles. The molecule has 0 spiro atoms. The van der Waals surface area contributed by atoms with Crippen molar-refractivity contribution in [1.29, 1.82) is 0 Å². The molecular weight excluding hydrogens is 641 g/mol. The average molecular weight is 661 g/mol. The van der Waals surface area contributed by atoms with Crippen LogP contribution < -0.4 is 11.5 Å². The van der Waals surface area contributed by atoms with E-state index in [9.17, 15) is 33.4 Å². The Morgan fingerprint density at radius 2 is 1.78 bits per heavy atom. The van der Waals surface area contributed by atoms with Gasteiger partial charge >= 0.3 is 29.4 Å². The molecule has 2 unspecified atom stereocenters. The van der Waals surface area contributed by atoms with Crippen LogP contribution in [0.15, 0.2) is 30.9 Å². The molecule has 3 aromatic rings. The molecule has 1 saturated heterocycles. The first-order chi connectivity index (χ1) is 19.0. The Kier molecular flexibility index (Phi) is 8.90. The maximum Gasteiger partial charge on any atom is 0.490 e. The van der Waals surface area contributed by atoms with Crippen molar-refractivity contribution >= 4 is 63.7 Å². The summed E-state index contributed by atoms with van der Waals surface area (Å²) in [6, 6.07) is 3.90. The Balaban J connectivity index is 1.60. The highest BCUT2D eigenvalue weighted by Gasteiger charge is 2.50. The van der Waals surface area contributed by atoms with E-state index in [4.69, 9.17) is 42.3 Å². The number of phosphoric ester groups is 1. The molecule has 0 bridgehead atoms. The van der Waals surface area contributed by atoms with E-state index >= 15 is 0 Å². The zero-order chi connectivity index (χ0) is 30.3. The Morgan fingerprint density at radius 3 is 2.46 bits per heavy atom. The van der Waals surface area contributed by atoms with Gasteiger partial charge in [0.05, 0.1) is 18.5 Å². The van der Waals surface area contributed by atoms with Gasteiger partial charge in [-0.2, -0.15) is 8.62 Å². The lowest BCUT2D eigenvalue weighted by atomic mass is 10.1. The van der Waals surface area contributed by atoms with Gasteiger partial charge in [0.25, 0.3) is 0 Å². The predicted octanol–water partition coefficient (Wildman–Crippen LogP) is 0.471. The molecule has 20 nitrogen and oxygen atoms in total. The highest BCUT2D eigenvalue weighted by atomic mass is 35.5. The minimum absolute atomic E-state index is 0.00939. The van der Waals surface area contributed by atoms with Gasteiger partial charge in [-0.05, 0) is 18.2 Å². The summed E-state index contributed by atoms with van der Waals surface area (Å²) in [5.74, 6) is -1.10. The van der Waals surface area contributed by atoms with Crippen LogP contribution in [0.1, 0.15) is 16.6 Å². The van der Waals surface area contributed by atoms with Crippen LogP contribution >= 0.6 is 35.1 Å². The molecule has 0 saturated carbocycles. The van der Waals surface area contributed by atoms with Gasteiger partial charge in [-0.1, -0.05) is 11.6 Å². The number of hydrogen-bond donors (Lipinski definition) is 7. The number of nitrogen functional groups attached to an aromatic ring is 2. The van der Waals surface area contributed by atoms with E-state index in [0.717, 1.165) is 6.33 Å². The fourth-order valence-electron chi connectivity index (χ4n) is 3.65. The van der Waals surface area contributed by atoms with Gasteiger partial charge in [0.15, 0.2) is 23.8 Å². The summed E-state index contributed by atoms with van der Waals surface area (Å²) in [4.78, 5) is 61.3. The zero-order valence-corrected chi connectivity index (χ0v) is 23.4. The van der Waals surface area contributed by atoms with Crippen molar-refractivity contribution in [2.45, 2.75) is 24.5 Å². The summed E-state index contributed by atoms with van der Waals surface area (Å²) < 4.78 is 59.0. The van der Waals surface area contributed by atoms with Crippen LogP contribution in [-0.2, 0) is 36.3 Å². The number of aliphatic hydroxyl groups excluding tert-OH is 1. The van der Waals surface area contributed by atoms with Crippen LogP contribution in [0.3, 0.4) is 0 Å². The van der Waals surface area contributed by atoms with Crippen molar-refractivity contribution in [1.82, 2.24) is 19.5 Å². The molecule has 41 heavy (non-hydrogen) atoms. The Bertz CT molecular complexity index is 1620. The van der Waals surface area contributed by atoms with Crippen molar-refractivity contribution in [3.8, 4) is 0 Å². The number of benzene rings is 1. The lowest BCUT2D eigenvalue weighted by molar-refractivity contribution is -0.0520. The number of nitrogens with zero attached hydrogens (tertiary/aromatic N) is 4. The lowest BCUT2D eigenvalue weighted by Crippen LogP contribution is -2.38. The van der Waals surface area contributed by atoms with Crippen molar-refractivity contribution in [2.75, 3.05) is 18.1 Å². The molecule has 0 amide bonds. The smallest absolute Gasteiger partial charge is 0.453 e. The van der Waals surface area contributed by atoms with Crippen molar-refractivity contribution in [3.63, 3.8) is 0 Å². The van der Waals surface area contributed by atoms with Crippen molar-refractivity contribution in [2.24, 2.45) is 0 Å². The number of phosphoric acid groups is 3. The maximum atomic E-state index is 12.9. The van der Waals surface area contributed by atoms with Crippen LogP contribution in [0, 0.1) is 0 Å². The molecule has 3 heterocycles.